The van der Waals surface area contributed by atoms with Gasteiger partial charge in [-0.05, 0) is 25.1 Å². The van der Waals surface area contributed by atoms with Crippen LogP contribution in [0, 0.1) is 0 Å². The Morgan fingerprint density at radius 1 is 1.29 bits per heavy atom. The zero-order chi connectivity index (χ0) is 17.7. The summed E-state index contributed by atoms with van der Waals surface area (Å²) in [7, 11) is 1.28. The molecule has 8 nitrogen and oxygen atoms in total. The molecule has 0 atom stereocenters. The van der Waals surface area contributed by atoms with Crippen LogP contribution in [0.25, 0.3) is 0 Å². The van der Waals surface area contributed by atoms with Crippen molar-refractivity contribution >= 4 is 29.2 Å². The van der Waals surface area contributed by atoms with E-state index in [9.17, 15) is 14.4 Å². The zero-order valence-corrected chi connectivity index (χ0v) is 13.5. The molecule has 1 aliphatic heterocycles. The lowest BCUT2D eigenvalue weighted by Crippen LogP contribution is -2.34. The van der Waals surface area contributed by atoms with Gasteiger partial charge in [-0.2, -0.15) is 0 Å². The van der Waals surface area contributed by atoms with E-state index in [1.165, 1.54) is 19.3 Å². The molecule has 0 aromatic heterocycles. The number of hydrogen-bond acceptors (Lipinski definition) is 7. The minimum absolute atomic E-state index is 0.0678. The number of nitrogens with zero attached hydrogens (tertiary/aromatic N) is 1. The first-order valence-corrected chi connectivity index (χ1v) is 7.43. The summed E-state index contributed by atoms with van der Waals surface area (Å²) in [5.74, 6) is -1.53. The molecule has 1 heterocycles. The van der Waals surface area contributed by atoms with Crippen molar-refractivity contribution in [3.63, 3.8) is 0 Å². The highest BCUT2D eigenvalue weighted by Crippen LogP contribution is 2.26. The van der Waals surface area contributed by atoms with E-state index in [0.29, 0.717) is 23.5 Å². The average molecular weight is 333 g/mol. The number of aliphatic hydroxyl groups is 1. The highest BCUT2D eigenvalue weighted by molar-refractivity contribution is 6.17. The fourth-order valence-corrected chi connectivity index (χ4v) is 2.29. The standard InChI is InChI=1S/C16H19N3O5/c1-3-17-11-5-4-10(16(23)24-2)8-12(11)18-13-9-14(21)19(6-7-20)15(13)22/h4-5,8-9,17-18,20H,3,6-7H2,1-2H3. The van der Waals surface area contributed by atoms with Crippen molar-refractivity contribution in [3.05, 3.63) is 35.5 Å². The fraction of sp³-hybridized carbons (Fsp3) is 0.312. The van der Waals surface area contributed by atoms with Gasteiger partial charge in [-0.3, -0.25) is 14.5 Å². The predicted molar refractivity (Wildman–Crippen MR) is 87.5 cm³/mol. The molecule has 2 rings (SSSR count). The number of aliphatic hydroxyl groups excluding tert-OH is 1. The molecule has 0 bridgehead atoms. The van der Waals surface area contributed by atoms with E-state index >= 15 is 0 Å². The van der Waals surface area contributed by atoms with Crippen LogP contribution in [0.5, 0.6) is 0 Å². The quantitative estimate of drug-likeness (QED) is 0.494. The topological polar surface area (TPSA) is 108 Å². The van der Waals surface area contributed by atoms with Gasteiger partial charge in [-0.25, -0.2) is 4.79 Å². The Bertz CT molecular complexity index is 699. The smallest absolute Gasteiger partial charge is 0.337 e. The van der Waals surface area contributed by atoms with Crippen LogP contribution in [-0.4, -0.2) is 54.6 Å². The third kappa shape index (κ3) is 3.54. The molecule has 0 fully saturated rings. The van der Waals surface area contributed by atoms with Crippen molar-refractivity contribution in [2.45, 2.75) is 6.92 Å². The van der Waals surface area contributed by atoms with E-state index in [1.807, 2.05) is 6.92 Å². The number of hydrogen-bond donors (Lipinski definition) is 3. The Kier molecular flexibility index (Phi) is 5.54. The number of esters is 1. The molecule has 0 saturated carbocycles. The number of benzene rings is 1. The van der Waals surface area contributed by atoms with E-state index in [4.69, 9.17) is 5.11 Å². The molecular weight excluding hydrogens is 314 g/mol. The van der Waals surface area contributed by atoms with Crippen LogP contribution < -0.4 is 10.6 Å². The first-order valence-electron chi connectivity index (χ1n) is 7.43. The first-order chi connectivity index (χ1) is 11.5. The number of β-amino-alcohol motifs (C(OH)–C–C–N with tert-alkyl or cyclic N) is 1. The van der Waals surface area contributed by atoms with Crippen molar-refractivity contribution in [3.8, 4) is 0 Å². The second-order valence-electron chi connectivity index (χ2n) is 4.98. The lowest BCUT2D eigenvalue weighted by Gasteiger charge is -2.16. The van der Waals surface area contributed by atoms with Crippen LogP contribution in [0.3, 0.4) is 0 Å². The van der Waals surface area contributed by atoms with E-state index < -0.39 is 17.8 Å². The molecule has 8 heteroatoms. The van der Waals surface area contributed by atoms with Crippen LogP contribution >= 0.6 is 0 Å². The Morgan fingerprint density at radius 3 is 2.67 bits per heavy atom. The van der Waals surface area contributed by atoms with Crippen LogP contribution in [0.2, 0.25) is 0 Å². The van der Waals surface area contributed by atoms with E-state index in [-0.39, 0.29) is 18.8 Å². The highest BCUT2D eigenvalue weighted by atomic mass is 16.5. The third-order valence-corrected chi connectivity index (χ3v) is 3.41. The molecule has 2 amide bonds. The van der Waals surface area contributed by atoms with E-state index in [2.05, 4.69) is 15.4 Å². The third-order valence-electron chi connectivity index (χ3n) is 3.41. The molecular formula is C16H19N3O5. The predicted octanol–water partition coefficient (Wildman–Crippen LogP) is 0.562. The van der Waals surface area contributed by atoms with Gasteiger partial charge in [0.15, 0.2) is 0 Å². The van der Waals surface area contributed by atoms with Gasteiger partial charge in [0.25, 0.3) is 11.8 Å². The maximum absolute atomic E-state index is 12.2. The van der Waals surface area contributed by atoms with Gasteiger partial charge in [0, 0.05) is 12.6 Å². The van der Waals surface area contributed by atoms with Crippen LogP contribution in [0.15, 0.2) is 30.0 Å². The number of imide groups is 1. The lowest BCUT2D eigenvalue weighted by atomic mass is 10.1. The minimum Gasteiger partial charge on any atom is -0.465 e. The van der Waals surface area contributed by atoms with Crippen molar-refractivity contribution in [1.29, 1.82) is 0 Å². The molecule has 0 aliphatic carbocycles. The van der Waals surface area contributed by atoms with Gasteiger partial charge in [0.2, 0.25) is 0 Å². The molecule has 0 unspecified atom stereocenters. The SMILES string of the molecule is CCNc1ccc(C(=O)OC)cc1NC1=CC(=O)N(CCO)C1=O. The summed E-state index contributed by atoms with van der Waals surface area (Å²) < 4.78 is 4.69. The van der Waals surface area contributed by atoms with E-state index in [0.717, 1.165) is 4.90 Å². The number of ether oxygens (including phenoxy) is 1. The number of carbonyl (C=O) groups is 3. The summed E-state index contributed by atoms with van der Waals surface area (Å²) in [5.41, 5.74) is 1.53. The van der Waals surface area contributed by atoms with Gasteiger partial charge < -0.3 is 20.5 Å². The summed E-state index contributed by atoms with van der Waals surface area (Å²) in [6.45, 7) is 2.17. The van der Waals surface area contributed by atoms with Gasteiger partial charge in [0.1, 0.15) is 5.70 Å². The van der Waals surface area contributed by atoms with Crippen molar-refractivity contribution in [2.75, 3.05) is 37.4 Å². The van der Waals surface area contributed by atoms with Crippen LogP contribution in [0.4, 0.5) is 11.4 Å². The number of anilines is 2. The molecule has 0 saturated heterocycles. The second kappa shape index (κ2) is 7.60. The molecule has 1 aromatic rings. The molecule has 3 N–H and O–H groups in total. The summed E-state index contributed by atoms with van der Waals surface area (Å²) in [4.78, 5) is 36.6. The van der Waals surface area contributed by atoms with Gasteiger partial charge in [-0.15, -0.1) is 0 Å². The summed E-state index contributed by atoms with van der Waals surface area (Å²) >= 11 is 0. The Labute approximate surface area is 139 Å². The normalized spacial score (nSPS) is 13.8. The van der Waals surface area contributed by atoms with Crippen LogP contribution in [0.1, 0.15) is 17.3 Å². The summed E-state index contributed by atoms with van der Waals surface area (Å²) in [6, 6.07) is 4.82. The molecule has 1 aromatic carbocycles. The van der Waals surface area contributed by atoms with Gasteiger partial charge >= 0.3 is 5.97 Å². The van der Waals surface area contributed by atoms with Gasteiger partial charge in [0.05, 0.1) is 37.2 Å². The molecule has 1 aliphatic rings. The first kappa shape index (κ1) is 17.5. The van der Waals surface area contributed by atoms with Gasteiger partial charge in [-0.1, -0.05) is 0 Å². The lowest BCUT2D eigenvalue weighted by molar-refractivity contribution is -0.137. The second-order valence-corrected chi connectivity index (χ2v) is 4.98. The number of methoxy groups -OCH3 is 1. The monoisotopic (exact) mass is 333 g/mol. The Morgan fingerprint density at radius 2 is 2.04 bits per heavy atom. The summed E-state index contributed by atoms with van der Waals surface area (Å²) in [6.07, 6.45) is 1.17. The fourth-order valence-electron chi connectivity index (χ4n) is 2.29. The number of nitrogens with one attached hydrogen (secondary N) is 2. The van der Waals surface area contributed by atoms with Crippen molar-refractivity contribution in [2.24, 2.45) is 0 Å². The zero-order valence-electron chi connectivity index (χ0n) is 13.5. The molecule has 24 heavy (non-hydrogen) atoms. The summed E-state index contributed by atoms with van der Waals surface area (Å²) in [5, 5.41) is 14.9. The largest absolute Gasteiger partial charge is 0.465 e. The van der Waals surface area contributed by atoms with Crippen molar-refractivity contribution in [1.82, 2.24) is 4.90 Å². The highest BCUT2D eigenvalue weighted by Gasteiger charge is 2.31. The maximum Gasteiger partial charge on any atom is 0.337 e. The Balaban J connectivity index is 2.30. The van der Waals surface area contributed by atoms with E-state index in [1.54, 1.807) is 12.1 Å². The maximum atomic E-state index is 12.2. The number of carbonyl (C=O) groups excluding carboxylic acids is 3. The molecule has 128 valence electrons. The number of amides is 2. The minimum atomic E-state index is -0.528. The average Bonchev–Trinajstić information content (AvgIpc) is 2.83. The molecule has 0 radical (unpaired) electrons. The number of rotatable bonds is 7. The van der Waals surface area contributed by atoms with Crippen LogP contribution in [-0.2, 0) is 14.3 Å². The Hall–Kier alpha value is -2.87. The molecule has 0 spiro atoms. The van der Waals surface area contributed by atoms with Crippen molar-refractivity contribution < 1.29 is 24.2 Å².